The van der Waals surface area contributed by atoms with E-state index in [2.05, 4.69) is 15.5 Å². The van der Waals surface area contributed by atoms with Gasteiger partial charge in [-0.05, 0) is 7.05 Å². The third-order valence-electron chi connectivity index (χ3n) is 3.33. The maximum Gasteiger partial charge on any atom is 0.233 e. The monoisotopic (exact) mass is 287 g/mol. The van der Waals surface area contributed by atoms with Crippen molar-refractivity contribution in [3.63, 3.8) is 0 Å². The minimum atomic E-state index is 0.192. The van der Waals surface area contributed by atoms with Crippen LogP contribution in [0.2, 0.25) is 0 Å². The predicted molar refractivity (Wildman–Crippen MR) is 73.2 cm³/mol. The largest absolute Gasteiger partial charge is 0.379 e. The summed E-state index contributed by atoms with van der Waals surface area (Å²) in [5, 5.41) is 7.77. The van der Waals surface area contributed by atoms with Crippen LogP contribution in [-0.4, -0.2) is 53.7 Å². The lowest BCUT2D eigenvalue weighted by atomic mass is 10.0. The fourth-order valence-corrected chi connectivity index (χ4v) is 4.84. The summed E-state index contributed by atoms with van der Waals surface area (Å²) in [6, 6.07) is 0.284. The number of ether oxygens (including phenoxy) is 1. The van der Waals surface area contributed by atoms with E-state index in [1.807, 2.05) is 30.6 Å². The first-order valence-corrected chi connectivity index (χ1v) is 8.36. The number of nitrogens with one attached hydrogen (secondary N) is 1. The average molecular weight is 287 g/mol. The van der Waals surface area contributed by atoms with Crippen LogP contribution < -0.4 is 5.32 Å². The molecule has 18 heavy (non-hydrogen) atoms. The molecule has 0 spiro atoms. The van der Waals surface area contributed by atoms with E-state index in [1.165, 1.54) is 11.5 Å². The Morgan fingerprint density at radius 3 is 3.06 bits per heavy atom. The molecule has 0 bridgehead atoms. The number of likely N-dealkylation sites (N-methyl/N-ethyl adjacent to an activating group) is 1. The second-order valence-electron chi connectivity index (χ2n) is 4.46. The van der Waals surface area contributed by atoms with E-state index < -0.39 is 0 Å². The molecule has 1 N–H and O–H groups in total. The number of rotatable bonds is 3. The van der Waals surface area contributed by atoms with E-state index in [0.29, 0.717) is 18.5 Å². The number of thioether (sulfide) groups is 2. The van der Waals surface area contributed by atoms with Crippen molar-refractivity contribution in [2.75, 3.05) is 37.5 Å². The van der Waals surface area contributed by atoms with Gasteiger partial charge in [-0.3, -0.25) is 0 Å². The van der Waals surface area contributed by atoms with E-state index in [0.717, 1.165) is 17.5 Å². The summed E-state index contributed by atoms with van der Waals surface area (Å²) in [4.78, 5) is 4.58. The molecule has 0 radical (unpaired) electrons. The van der Waals surface area contributed by atoms with Gasteiger partial charge in [-0.2, -0.15) is 16.7 Å². The highest BCUT2D eigenvalue weighted by atomic mass is 32.2. The SMILES string of the molecule is CNC1COCC1c1nc(C2CSCCS2)no1. The topological polar surface area (TPSA) is 60.2 Å². The molecule has 5 nitrogen and oxygen atoms in total. The molecule has 0 saturated carbocycles. The number of hydrogen-bond acceptors (Lipinski definition) is 7. The Labute approximate surface area is 115 Å². The van der Waals surface area contributed by atoms with E-state index in [1.54, 1.807) is 0 Å². The van der Waals surface area contributed by atoms with Crippen LogP contribution in [0.15, 0.2) is 4.52 Å². The molecule has 0 aliphatic carbocycles. The molecule has 2 saturated heterocycles. The number of hydrogen-bond donors (Lipinski definition) is 1. The zero-order chi connectivity index (χ0) is 12.4. The number of nitrogens with zero attached hydrogens (tertiary/aromatic N) is 2. The van der Waals surface area contributed by atoms with Crippen molar-refractivity contribution in [3.05, 3.63) is 11.7 Å². The molecule has 0 amide bonds. The molecule has 1 aromatic heterocycles. The summed E-state index contributed by atoms with van der Waals surface area (Å²) in [7, 11) is 1.94. The van der Waals surface area contributed by atoms with Crippen LogP contribution >= 0.6 is 23.5 Å². The Kier molecular flexibility index (Phi) is 4.13. The van der Waals surface area contributed by atoms with Crippen LogP contribution in [0.25, 0.3) is 0 Å². The Morgan fingerprint density at radius 1 is 1.33 bits per heavy atom. The minimum Gasteiger partial charge on any atom is -0.379 e. The van der Waals surface area contributed by atoms with E-state index in [4.69, 9.17) is 9.26 Å². The standard InChI is InChI=1S/C11H17N3O2S2/c1-12-8-5-15-4-7(8)11-13-10(14-16-11)9-6-17-2-3-18-9/h7-9,12H,2-6H2,1H3. The fraction of sp³-hybridized carbons (Fsp3) is 0.818. The van der Waals surface area contributed by atoms with Crippen LogP contribution in [-0.2, 0) is 4.74 Å². The van der Waals surface area contributed by atoms with Gasteiger partial charge in [0, 0.05) is 23.3 Å². The fourth-order valence-electron chi connectivity index (χ4n) is 2.25. The maximum absolute atomic E-state index is 5.47. The molecule has 100 valence electrons. The van der Waals surface area contributed by atoms with E-state index >= 15 is 0 Å². The van der Waals surface area contributed by atoms with Crippen molar-refractivity contribution in [1.29, 1.82) is 0 Å². The average Bonchev–Trinajstić information content (AvgIpc) is 3.08. The van der Waals surface area contributed by atoms with E-state index in [9.17, 15) is 0 Å². The van der Waals surface area contributed by atoms with Crippen molar-refractivity contribution < 1.29 is 9.26 Å². The minimum absolute atomic E-state index is 0.192. The normalized spacial score (nSPS) is 32.8. The molecule has 2 aliphatic rings. The van der Waals surface area contributed by atoms with Gasteiger partial charge in [0.2, 0.25) is 5.89 Å². The van der Waals surface area contributed by atoms with Gasteiger partial charge in [-0.25, -0.2) is 0 Å². The summed E-state index contributed by atoms with van der Waals surface area (Å²) in [6.07, 6.45) is 0. The first-order chi connectivity index (χ1) is 8.88. The van der Waals surface area contributed by atoms with Crippen molar-refractivity contribution >= 4 is 23.5 Å². The van der Waals surface area contributed by atoms with Crippen molar-refractivity contribution in [1.82, 2.24) is 15.5 Å². The summed E-state index contributed by atoms with van der Waals surface area (Å²) in [6.45, 7) is 1.38. The van der Waals surface area contributed by atoms with Gasteiger partial charge >= 0.3 is 0 Å². The molecule has 2 aliphatic heterocycles. The van der Waals surface area contributed by atoms with Gasteiger partial charge in [-0.15, -0.1) is 11.8 Å². The number of aromatic nitrogens is 2. The lowest BCUT2D eigenvalue weighted by Crippen LogP contribution is -2.31. The quantitative estimate of drug-likeness (QED) is 0.899. The van der Waals surface area contributed by atoms with Crippen LogP contribution in [0.5, 0.6) is 0 Å². The second-order valence-corrected chi connectivity index (χ2v) is 6.92. The Morgan fingerprint density at radius 2 is 2.28 bits per heavy atom. The lowest BCUT2D eigenvalue weighted by Gasteiger charge is -2.17. The van der Waals surface area contributed by atoms with Crippen molar-refractivity contribution in [2.45, 2.75) is 17.2 Å². The summed E-state index contributed by atoms with van der Waals surface area (Å²) >= 11 is 3.89. The highest BCUT2D eigenvalue weighted by Crippen LogP contribution is 2.36. The predicted octanol–water partition coefficient (Wildman–Crippen LogP) is 1.29. The molecule has 2 fully saturated rings. The Bertz CT molecular complexity index is 395. The maximum atomic E-state index is 5.47. The molecular weight excluding hydrogens is 270 g/mol. The molecule has 3 unspecified atom stereocenters. The van der Waals surface area contributed by atoms with Crippen LogP contribution in [0.1, 0.15) is 22.9 Å². The Balaban J connectivity index is 1.72. The van der Waals surface area contributed by atoms with Gasteiger partial charge in [-0.1, -0.05) is 5.16 Å². The van der Waals surface area contributed by atoms with Gasteiger partial charge in [0.1, 0.15) is 0 Å². The summed E-state index contributed by atoms with van der Waals surface area (Å²) < 4.78 is 10.9. The van der Waals surface area contributed by atoms with Crippen molar-refractivity contribution in [3.8, 4) is 0 Å². The molecule has 3 heterocycles. The smallest absolute Gasteiger partial charge is 0.233 e. The third-order valence-corrected chi connectivity index (χ3v) is 6.08. The molecule has 3 rings (SSSR count). The van der Waals surface area contributed by atoms with Crippen LogP contribution in [0.3, 0.4) is 0 Å². The molecular formula is C11H17N3O2S2. The zero-order valence-corrected chi connectivity index (χ0v) is 11.9. The molecule has 3 atom stereocenters. The van der Waals surface area contributed by atoms with Crippen LogP contribution in [0.4, 0.5) is 0 Å². The summed E-state index contributed by atoms with van der Waals surface area (Å²) in [5.41, 5.74) is 0. The summed E-state index contributed by atoms with van der Waals surface area (Å²) in [5.74, 6) is 5.24. The second kappa shape index (κ2) is 5.81. The van der Waals surface area contributed by atoms with Gasteiger partial charge in [0.05, 0.1) is 24.4 Å². The van der Waals surface area contributed by atoms with Gasteiger partial charge < -0.3 is 14.6 Å². The van der Waals surface area contributed by atoms with Gasteiger partial charge in [0.15, 0.2) is 5.82 Å². The third kappa shape index (κ3) is 2.54. The molecule has 7 heteroatoms. The highest BCUT2D eigenvalue weighted by Gasteiger charge is 2.34. The first kappa shape index (κ1) is 12.8. The van der Waals surface area contributed by atoms with E-state index in [-0.39, 0.29) is 12.0 Å². The zero-order valence-electron chi connectivity index (χ0n) is 10.3. The van der Waals surface area contributed by atoms with Crippen molar-refractivity contribution in [2.24, 2.45) is 0 Å². The van der Waals surface area contributed by atoms with Crippen LogP contribution in [0, 0.1) is 0 Å². The highest BCUT2D eigenvalue weighted by molar-refractivity contribution is 8.06. The molecule has 1 aromatic rings. The molecule has 0 aromatic carbocycles. The Hall–Kier alpha value is -0.240. The first-order valence-electron chi connectivity index (χ1n) is 6.16. The lowest BCUT2D eigenvalue weighted by molar-refractivity contribution is 0.185. The van der Waals surface area contributed by atoms with Gasteiger partial charge in [0.25, 0.3) is 0 Å².